The molecule has 3 rings (SSSR count). The fraction of sp³-hybridized carbons (Fsp3) is 0.167. The summed E-state index contributed by atoms with van der Waals surface area (Å²) in [6, 6.07) is 13.7. The van der Waals surface area contributed by atoms with Gasteiger partial charge in [-0.05, 0) is 48.7 Å². The van der Waals surface area contributed by atoms with Crippen LogP contribution in [0.2, 0.25) is 5.02 Å². The van der Waals surface area contributed by atoms with Crippen LogP contribution in [-0.2, 0) is 6.54 Å². The van der Waals surface area contributed by atoms with Gasteiger partial charge in [0.15, 0.2) is 5.82 Å². The summed E-state index contributed by atoms with van der Waals surface area (Å²) < 4.78 is 0. The van der Waals surface area contributed by atoms with E-state index in [-0.39, 0.29) is 0 Å². The Kier molecular flexibility index (Phi) is 4.91. The van der Waals surface area contributed by atoms with Crippen molar-refractivity contribution in [3.8, 4) is 0 Å². The number of nitrogens with one attached hydrogen (secondary N) is 2. The monoisotopic (exact) mass is 339 g/mol. The Labute approximate surface area is 146 Å². The quantitative estimate of drug-likeness (QED) is 0.716. The van der Waals surface area contributed by atoms with Gasteiger partial charge in [0.05, 0.1) is 6.20 Å². The zero-order chi connectivity index (χ0) is 16.9. The lowest BCUT2D eigenvalue weighted by Crippen LogP contribution is -2.06. The highest BCUT2D eigenvalue weighted by molar-refractivity contribution is 6.30. The first-order valence-electron chi connectivity index (χ1n) is 7.63. The van der Waals surface area contributed by atoms with Gasteiger partial charge < -0.3 is 10.6 Å². The molecule has 0 fully saturated rings. The second kappa shape index (κ2) is 7.27. The van der Waals surface area contributed by atoms with E-state index in [9.17, 15) is 0 Å². The molecule has 0 atom stereocenters. The average Bonchev–Trinajstić information content (AvgIpc) is 2.59. The molecule has 24 heavy (non-hydrogen) atoms. The highest BCUT2D eigenvalue weighted by Gasteiger charge is 2.05. The average molecular weight is 340 g/mol. The number of halogens is 1. The Balaban J connectivity index is 1.69. The van der Waals surface area contributed by atoms with Crippen LogP contribution in [-0.4, -0.2) is 15.2 Å². The van der Waals surface area contributed by atoms with Crippen molar-refractivity contribution < 1.29 is 0 Å². The molecule has 0 bridgehead atoms. The molecule has 2 N–H and O–H groups in total. The van der Waals surface area contributed by atoms with Crippen molar-refractivity contribution in [2.45, 2.75) is 20.4 Å². The Bertz CT molecular complexity index is 833. The second-order valence-electron chi connectivity index (χ2n) is 5.52. The number of hydrogen-bond acceptors (Lipinski definition) is 5. The van der Waals surface area contributed by atoms with E-state index in [1.807, 2.05) is 36.4 Å². The number of aromatic nitrogens is 3. The first kappa shape index (κ1) is 16.2. The van der Waals surface area contributed by atoms with Crippen LogP contribution in [0.1, 0.15) is 16.7 Å². The normalized spacial score (nSPS) is 10.5. The van der Waals surface area contributed by atoms with Crippen molar-refractivity contribution in [3.05, 3.63) is 70.4 Å². The molecule has 0 spiro atoms. The van der Waals surface area contributed by atoms with Gasteiger partial charge in [0.1, 0.15) is 0 Å². The Morgan fingerprint density at radius 3 is 2.62 bits per heavy atom. The summed E-state index contributed by atoms with van der Waals surface area (Å²) in [7, 11) is 0. The van der Waals surface area contributed by atoms with Crippen LogP contribution in [0.4, 0.5) is 17.5 Å². The molecule has 0 saturated heterocycles. The van der Waals surface area contributed by atoms with Crippen molar-refractivity contribution in [2.24, 2.45) is 0 Å². The first-order valence-corrected chi connectivity index (χ1v) is 8.01. The summed E-state index contributed by atoms with van der Waals surface area (Å²) in [5.74, 6) is 1.12. The van der Waals surface area contributed by atoms with Crippen LogP contribution < -0.4 is 10.6 Å². The van der Waals surface area contributed by atoms with Crippen LogP contribution >= 0.6 is 11.6 Å². The lowest BCUT2D eigenvalue weighted by molar-refractivity contribution is 0.965. The molecule has 0 unspecified atom stereocenters. The number of benzene rings is 2. The van der Waals surface area contributed by atoms with Crippen molar-refractivity contribution in [1.29, 1.82) is 0 Å². The van der Waals surface area contributed by atoms with E-state index in [2.05, 4.69) is 45.7 Å². The summed E-state index contributed by atoms with van der Waals surface area (Å²) in [5, 5.41) is 15.2. The lowest BCUT2D eigenvalue weighted by atomic mass is 10.1. The van der Waals surface area contributed by atoms with Gasteiger partial charge in [-0.3, -0.25) is 0 Å². The summed E-state index contributed by atoms with van der Waals surface area (Å²) in [5.41, 5.74) is 4.47. The molecule has 6 heteroatoms. The third-order valence-corrected chi connectivity index (χ3v) is 4.05. The highest BCUT2D eigenvalue weighted by atomic mass is 35.5. The molecule has 1 heterocycles. The van der Waals surface area contributed by atoms with Crippen LogP contribution in [0, 0.1) is 13.8 Å². The molecule has 2 aromatic carbocycles. The third kappa shape index (κ3) is 4.00. The van der Waals surface area contributed by atoms with Crippen molar-refractivity contribution in [3.63, 3.8) is 0 Å². The van der Waals surface area contributed by atoms with Gasteiger partial charge in [0.2, 0.25) is 5.95 Å². The zero-order valence-corrected chi connectivity index (χ0v) is 14.3. The van der Waals surface area contributed by atoms with Gasteiger partial charge in [0.25, 0.3) is 0 Å². The van der Waals surface area contributed by atoms with Gasteiger partial charge in [-0.25, -0.2) is 0 Å². The first-order chi connectivity index (χ1) is 11.6. The Morgan fingerprint density at radius 1 is 1.04 bits per heavy atom. The molecule has 1 aromatic heterocycles. The molecule has 0 aliphatic heterocycles. The molecule has 0 aliphatic rings. The molecule has 3 aromatic rings. The van der Waals surface area contributed by atoms with E-state index in [0.717, 1.165) is 16.3 Å². The SMILES string of the molecule is Cc1cccc(Nc2nncc(NCc3ccc(Cl)cc3)n2)c1C. The summed E-state index contributed by atoms with van der Waals surface area (Å²) >= 11 is 5.89. The Morgan fingerprint density at radius 2 is 1.83 bits per heavy atom. The van der Waals surface area contributed by atoms with Crippen molar-refractivity contribution in [1.82, 2.24) is 15.2 Å². The maximum atomic E-state index is 5.89. The van der Waals surface area contributed by atoms with Crippen LogP contribution in [0.3, 0.4) is 0 Å². The van der Waals surface area contributed by atoms with E-state index in [1.165, 1.54) is 11.1 Å². The number of rotatable bonds is 5. The highest BCUT2D eigenvalue weighted by Crippen LogP contribution is 2.21. The van der Waals surface area contributed by atoms with Gasteiger partial charge in [-0.2, -0.15) is 10.1 Å². The number of hydrogen-bond donors (Lipinski definition) is 2. The Hall–Kier alpha value is -2.66. The maximum Gasteiger partial charge on any atom is 0.249 e. The van der Waals surface area contributed by atoms with E-state index in [4.69, 9.17) is 11.6 Å². The summed E-state index contributed by atoms with van der Waals surface area (Å²) in [6.07, 6.45) is 1.60. The summed E-state index contributed by atoms with van der Waals surface area (Å²) in [6.45, 7) is 4.77. The molecular formula is C18H18ClN5. The van der Waals surface area contributed by atoms with Gasteiger partial charge >= 0.3 is 0 Å². The smallest absolute Gasteiger partial charge is 0.249 e. The predicted molar refractivity (Wildman–Crippen MR) is 97.8 cm³/mol. The fourth-order valence-corrected chi connectivity index (χ4v) is 2.37. The van der Waals surface area contributed by atoms with Crippen LogP contribution in [0.25, 0.3) is 0 Å². The van der Waals surface area contributed by atoms with E-state index >= 15 is 0 Å². The van der Waals surface area contributed by atoms with E-state index in [1.54, 1.807) is 6.20 Å². The van der Waals surface area contributed by atoms with E-state index in [0.29, 0.717) is 18.3 Å². The molecular weight excluding hydrogens is 322 g/mol. The number of nitrogens with zero attached hydrogens (tertiary/aromatic N) is 3. The topological polar surface area (TPSA) is 62.7 Å². The number of anilines is 3. The fourth-order valence-electron chi connectivity index (χ4n) is 2.24. The van der Waals surface area contributed by atoms with Crippen LogP contribution in [0.15, 0.2) is 48.7 Å². The predicted octanol–water partition coefficient (Wildman–Crippen LogP) is 4.50. The molecule has 0 saturated carbocycles. The lowest BCUT2D eigenvalue weighted by Gasteiger charge is -2.11. The molecule has 5 nitrogen and oxygen atoms in total. The second-order valence-corrected chi connectivity index (χ2v) is 5.95. The van der Waals surface area contributed by atoms with Crippen molar-refractivity contribution in [2.75, 3.05) is 10.6 Å². The molecule has 0 aliphatic carbocycles. The van der Waals surface area contributed by atoms with Gasteiger partial charge in [-0.1, -0.05) is 35.9 Å². The van der Waals surface area contributed by atoms with E-state index < -0.39 is 0 Å². The number of aryl methyl sites for hydroxylation is 1. The standard InChI is InChI=1S/C18H18ClN5/c1-12-4-3-5-16(13(12)2)22-18-23-17(11-21-24-18)20-10-14-6-8-15(19)9-7-14/h3-9,11H,10H2,1-2H3,(H2,20,22,23,24). The van der Waals surface area contributed by atoms with Gasteiger partial charge in [-0.15, -0.1) is 5.10 Å². The molecule has 0 radical (unpaired) electrons. The summed E-state index contributed by atoms with van der Waals surface area (Å²) in [4.78, 5) is 4.45. The van der Waals surface area contributed by atoms with Crippen LogP contribution in [0.5, 0.6) is 0 Å². The maximum absolute atomic E-state index is 5.89. The molecule has 122 valence electrons. The molecule has 0 amide bonds. The largest absolute Gasteiger partial charge is 0.365 e. The minimum Gasteiger partial charge on any atom is -0.365 e. The van der Waals surface area contributed by atoms with Crippen molar-refractivity contribution >= 4 is 29.1 Å². The third-order valence-electron chi connectivity index (χ3n) is 3.80. The minimum absolute atomic E-state index is 0.463. The van der Waals surface area contributed by atoms with Gasteiger partial charge in [0, 0.05) is 17.3 Å². The minimum atomic E-state index is 0.463. The zero-order valence-electron chi connectivity index (χ0n) is 13.5.